The van der Waals surface area contributed by atoms with Crippen molar-refractivity contribution in [3.8, 4) is 5.75 Å². The lowest BCUT2D eigenvalue weighted by atomic mass is 10.1. The zero-order valence-electron chi connectivity index (χ0n) is 16.3. The van der Waals surface area contributed by atoms with Gasteiger partial charge in [-0.3, -0.25) is 4.79 Å². The van der Waals surface area contributed by atoms with Crippen LogP contribution >= 0.6 is 0 Å². The lowest BCUT2D eigenvalue weighted by Crippen LogP contribution is -2.46. The van der Waals surface area contributed by atoms with Gasteiger partial charge in [0.15, 0.2) is 0 Å². The molecule has 0 unspecified atom stereocenters. The third-order valence-electron chi connectivity index (χ3n) is 3.80. The molecule has 1 aromatic carbocycles. The first-order valence-electron chi connectivity index (χ1n) is 8.74. The first-order valence-corrected chi connectivity index (χ1v) is 8.74. The molecule has 1 saturated heterocycles. The number of carbonyl (C=O) groups excluding carboxylic acids is 3. The van der Waals surface area contributed by atoms with Gasteiger partial charge in [-0.15, -0.1) is 0 Å². The van der Waals surface area contributed by atoms with Crippen LogP contribution in [0.5, 0.6) is 5.75 Å². The van der Waals surface area contributed by atoms with Crippen LogP contribution in [0.15, 0.2) is 29.8 Å². The summed E-state index contributed by atoms with van der Waals surface area (Å²) in [6, 6.07) is 6.10. The average Bonchev–Trinajstić information content (AvgIpc) is 2.90. The number of methoxy groups -OCH3 is 1. The summed E-state index contributed by atoms with van der Waals surface area (Å²) in [5, 5.41) is 0. The maximum atomic E-state index is 12.8. The summed E-state index contributed by atoms with van der Waals surface area (Å²) >= 11 is 0. The van der Waals surface area contributed by atoms with Gasteiger partial charge in [-0.1, -0.05) is 12.1 Å². The van der Waals surface area contributed by atoms with Crippen LogP contribution in [0.3, 0.4) is 0 Å². The third-order valence-corrected chi connectivity index (χ3v) is 3.80. The van der Waals surface area contributed by atoms with Crippen molar-refractivity contribution < 1.29 is 28.6 Å². The minimum atomic E-state index is -1.04. The minimum absolute atomic E-state index is 0.0636. The SMILES string of the molecule is CCOC(=O)[C@@H]1C/C(=C\c2cccc(OC)c2)C(=O)N1C(=O)OC(C)(C)C. The van der Waals surface area contributed by atoms with Gasteiger partial charge in [0.2, 0.25) is 0 Å². The average molecular weight is 375 g/mol. The lowest BCUT2D eigenvalue weighted by Gasteiger charge is -2.26. The van der Waals surface area contributed by atoms with Crippen molar-refractivity contribution in [2.24, 2.45) is 0 Å². The molecular formula is C20H25NO6. The van der Waals surface area contributed by atoms with E-state index in [9.17, 15) is 14.4 Å². The highest BCUT2D eigenvalue weighted by atomic mass is 16.6. The van der Waals surface area contributed by atoms with Crippen molar-refractivity contribution in [1.29, 1.82) is 0 Å². The summed E-state index contributed by atoms with van der Waals surface area (Å²) in [6.45, 7) is 6.90. The number of nitrogens with zero attached hydrogens (tertiary/aromatic N) is 1. The second-order valence-corrected chi connectivity index (χ2v) is 7.07. The van der Waals surface area contributed by atoms with Crippen molar-refractivity contribution in [1.82, 2.24) is 4.90 Å². The molecule has 1 aliphatic rings. The van der Waals surface area contributed by atoms with Crippen molar-refractivity contribution in [3.63, 3.8) is 0 Å². The zero-order chi connectivity index (χ0) is 20.2. The van der Waals surface area contributed by atoms with E-state index in [-0.39, 0.29) is 13.0 Å². The summed E-state index contributed by atoms with van der Waals surface area (Å²) in [5.41, 5.74) is 0.258. The zero-order valence-corrected chi connectivity index (χ0v) is 16.3. The molecule has 1 atom stereocenters. The van der Waals surface area contributed by atoms with E-state index in [4.69, 9.17) is 14.2 Å². The monoisotopic (exact) mass is 375 g/mol. The Labute approximate surface area is 158 Å². The Balaban J connectivity index is 2.36. The second kappa shape index (κ2) is 8.24. The molecule has 0 aromatic heterocycles. The van der Waals surface area contributed by atoms with Crippen LogP contribution < -0.4 is 4.74 Å². The molecule has 1 aromatic rings. The predicted octanol–water partition coefficient (Wildman–Crippen LogP) is 3.18. The number of hydrogen-bond donors (Lipinski definition) is 0. The Morgan fingerprint density at radius 1 is 1.30 bits per heavy atom. The summed E-state index contributed by atoms with van der Waals surface area (Å²) in [7, 11) is 1.55. The Hall–Kier alpha value is -2.83. The highest BCUT2D eigenvalue weighted by Gasteiger charge is 2.46. The molecule has 0 radical (unpaired) electrons. The maximum absolute atomic E-state index is 12.8. The van der Waals surface area contributed by atoms with Gasteiger partial charge in [-0.05, 0) is 51.5 Å². The molecule has 7 nitrogen and oxygen atoms in total. The van der Waals surface area contributed by atoms with Gasteiger partial charge >= 0.3 is 12.1 Å². The summed E-state index contributed by atoms with van der Waals surface area (Å²) in [6.07, 6.45) is 0.842. The first-order chi connectivity index (χ1) is 12.7. The van der Waals surface area contributed by atoms with E-state index in [0.717, 1.165) is 10.5 Å². The molecule has 0 spiro atoms. The quantitative estimate of drug-likeness (QED) is 0.594. The molecule has 2 amide bonds. The van der Waals surface area contributed by atoms with E-state index in [1.54, 1.807) is 65.1 Å². The van der Waals surface area contributed by atoms with Gasteiger partial charge in [0.05, 0.1) is 13.7 Å². The van der Waals surface area contributed by atoms with Gasteiger partial charge in [-0.25, -0.2) is 14.5 Å². The van der Waals surface area contributed by atoms with E-state index in [0.29, 0.717) is 11.3 Å². The number of carbonyl (C=O) groups is 3. The van der Waals surface area contributed by atoms with Gasteiger partial charge < -0.3 is 14.2 Å². The van der Waals surface area contributed by atoms with E-state index in [1.165, 1.54) is 0 Å². The van der Waals surface area contributed by atoms with Crippen molar-refractivity contribution in [2.75, 3.05) is 13.7 Å². The van der Waals surface area contributed by atoms with Crippen LogP contribution in [0.4, 0.5) is 4.79 Å². The molecule has 146 valence electrons. The fourth-order valence-corrected chi connectivity index (χ4v) is 2.68. The lowest BCUT2D eigenvalue weighted by molar-refractivity contribution is -0.150. The number of likely N-dealkylation sites (tertiary alicyclic amines) is 1. The van der Waals surface area contributed by atoms with Gasteiger partial charge in [0.25, 0.3) is 5.91 Å². The Kier molecular flexibility index (Phi) is 6.25. The number of benzene rings is 1. The fourth-order valence-electron chi connectivity index (χ4n) is 2.68. The molecule has 1 fully saturated rings. The van der Waals surface area contributed by atoms with Crippen LogP contribution in [0.25, 0.3) is 6.08 Å². The summed E-state index contributed by atoms with van der Waals surface area (Å²) in [4.78, 5) is 38.5. The van der Waals surface area contributed by atoms with E-state index < -0.39 is 29.6 Å². The predicted molar refractivity (Wildman–Crippen MR) is 99.1 cm³/mol. The number of esters is 1. The number of imide groups is 1. The van der Waals surface area contributed by atoms with Crippen LogP contribution in [0.2, 0.25) is 0 Å². The van der Waals surface area contributed by atoms with Crippen molar-refractivity contribution in [2.45, 2.75) is 45.8 Å². The second-order valence-electron chi connectivity index (χ2n) is 7.07. The number of ether oxygens (including phenoxy) is 3. The first kappa shape index (κ1) is 20.5. The Morgan fingerprint density at radius 2 is 2.00 bits per heavy atom. The van der Waals surface area contributed by atoms with Gasteiger partial charge in [0, 0.05) is 12.0 Å². The Bertz CT molecular complexity index is 762. The van der Waals surface area contributed by atoms with Crippen LogP contribution in [-0.4, -0.2) is 48.2 Å². The van der Waals surface area contributed by atoms with Gasteiger partial charge in [-0.2, -0.15) is 0 Å². The molecule has 0 saturated carbocycles. The maximum Gasteiger partial charge on any atom is 0.418 e. The molecule has 7 heteroatoms. The number of amides is 2. The largest absolute Gasteiger partial charge is 0.497 e. The van der Waals surface area contributed by atoms with Crippen molar-refractivity contribution in [3.05, 3.63) is 35.4 Å². The van der Waals surface area contributed by atoms with Crippen LogP contribution in [0, 0.1) is 0 Å². The molecule has 1 aliphatic heterocycles. The standard InChI is InChI=1S/C20H25NO6/c1-6-26-18(23)16-12-14(10-13-8-7-9-15(11-13)25-5)17(22)21(16)19(24)27-20(2,3)4/h7-11,16H,6,12H2,1-5H3/b14-10+/t16-/m0/s1. The normalized spacial score (nSPS) is 18.6. The van der Waals surface area contributed by atoms with Gasteiger partial charge in [0.1, 0.15) is 17.4 Å². The molecular weight excluding hydrogens is 350 g/mol. The fraction of sp³-hybridized carbons (Fsp3) is 0.450. The topological polar surface area (TPSA) is 82.1 Å². The van der Waals surface area contributed by atoms with E-state index in [2.05, 4.69) is 0 Å². The third kappa shape index (κ3) is 5.09. The molecule has 0 N–H and O–H groups in total. The summed E-state index contributed by atoms with van der Waals surface area (Å²) < 4.78 is 15.5. The summed E-state index contributed by atoms with van der Waals surface area (Å²) in [5.74, 6) is -0.559. The van der Waals surface area contributed by atoms with E-state index in [1.807, 2.05) is 0 Å². The number of rotatable bonds is 4. The van der Waals surface area contributed by atoms with Crippen LogP contribution in [0.1, 0.15) is 39.7 Å². The minimum Gasteiger partial charge on any atom is -0.497 e. The molecule has 0 bridgehead atoms. The highest BCUT2D eigenvalue weighted by Crippen LogP contribution is 2.29. The molecule has 2 rings (SSSR count). The smallest absolute Gasteiger partial charge is 0.418 e. The van der Waals surface area contributed by atoms with Crippen molar-refractivity contribution >= 4 is 24.0 Å². The van der Waals surface area contributed by atoms with E-state index >= 15 is 0 Å². The molecule has 27 heavy (non-hydrogen) atoms. The molecule has 0 aliphatic carbocycles. The van der Waals surface area contributed by atoms with Crippen LogP contribution in [-0.2, 0) is 19.1 Å². The molecule has 1 heterocycles. The Morgan fingerprint density at radius 3 is 2.59 bits per heavy atom. The highest BCUT2D eigenvalue weighted by molar-refractivity contribution is 6.11. The number of hydrogen-bond acceptors (Lipinski definition) is 6.